The summed E-state index contributed by atoms with van der Waals surface area (Å²) < 4.78 is 0.979. The average Bonchev–Trinajstić information content (AvgIpc) is 3.01. The van der Waals surface area contributed by atoms with Crippen molar-refractivity contribution in [1.82, 2.24) is 15.0 Å². The van der Waals surface area contributed by atoms with Crippen molar-refractivity contribution in [2.45, 2.75) is 6.54 Å². The van der Waals surface area contributed by atoms with E-state index in [9.17, 15) is 0 Å². The summed E-state index contributed by atoms with van der Waals surface area (Å²) in [6, 6.07) is 13.8. The molecule has 1 heterocycles. The molecule has 0 spiro atoms. The number of benzene rings is 2. The minimum absolute atomic E-state index is 0.672. The molecule has 4 nitrogen and oxygen atoms in total. The molecule has 0 unspecified atom stereocenters. The number of nitrogens with one attached hydrogen (secondary N) is 1. The van der Waals surface area contributed by atoms with Gasteiger partial charge in [0.05, 0.1) is 18.1 Å². The van der Waals surface area contributed by atoms with Gasteiger partial charge in [-0.05, 0) is 42.0 Å². The summed E-state index contributed by atoms with van der Waals surface area (Å²) in [6.07, 6.45) is 3.31. The van der Waals surface area contributed by atoms with Gasteiger partial charge in [0.2, 0.25) is 0 Å². The molecule has 106 valence electrons. The van der Waals surface area contributed by atoms with E-state index >= 15 is 0 Å². The van der Waals surface area contributed by atoms with E-state index in [4.69, 9.17) is 11.6 Å². The molecule has 1 aromatic heterocycles. The minimum Gasteiger partial charge on any atom is -0.381 e. The Hall–Kier alpha value is -1.85. The molecule has 6 heteroatoms. The predicted octanol–water partition coefficient (Wildman–Crippen LogP) is 4.30. The molecular weight excluding hydrogens is 352 g/mol. The van der Waals surface area contributed by atoms with E-state index in [0.29, 0.717) is 6.54 Å². The molecule has 0 saturated heterocycles. The molecule has 0 radical (unpaired) electrons. The summed E-state index contributed by atoms with van der Waals surface area (Å²) in [5.74, 6) is 0. The quantitative estimate of drug-likeness (QED) is 0.751. The van der Waals surface area contributed by atoms with Gasteiger partial charge in [-0.3, -0.25) is 0 Å². The molecule has 0 aliphatic carbocycles. The van der Waals surface area contributed by atoms with Crippen LogP contribution in [-0.4, -0.2) is 15.0 Å². The summed E-state index contributed by atoms with van der Waals surface area (Å²) in [6.45, 7) is 0.672. The highest BCUT2D eigenvalue weighted by Gasteiger charge is 2.02. The summed E-state index contributed by atoms with van der Waals surface area (Å²) in [4.78, 5) is 1.58. The zero-order valence-corrected chi connectivity index (χ0v) is 13.3. The first-order valence-corrected chi connectivity index (χ1v) is 7.54. The fourth-order valence-corrected chi connectivity index (χ4v) is 2.66. The normalized spacial score (nSPS) is 10.6. The van der Waals surface area contributed by atoms with Crippen LogP contribution in [0.3, 0.4) is 0 Å². The lowest BCUT2D eigenvalue weighted by molar-refractivity contribution is 0.752. The molecule has 0 bridgehead atoms. The second-order valence-electron chi connectivity index (χ2n) is 4.45. The zero-order valence-electron chi connectivity index (χ0n) is 11.0. The van der Waals surface area contributed by atoms with Gasteiger partial charge < -0.3 is 5.32 Å². The Labute approximate surface area is 135 Å². The van der Waals surface area contributed by atoms with Crippen molar-refractivity contribution in [2.24, 2.45) is 0 Å². The monoisotopic (exact) mass is 362 g/mol. The van der Waals surface area contributed by atoms with E-state index in [1.807, 2.05) is 42.5 Å². The van der Waals surface area contributed by atoms with Gasteiger partial charge in [0.1, 0.15) is 0 Å². The smallest absolute Gasteiger partial charge is 0.0858 e. The summed E-state index contributed by atoms with van der Waals surface area (Å²) in [5.41, 5.74) is 3.00. The summed E-state index contributed by atoms with van der Waals surface area (Å²) in [5, 5.41) is 12.3. The van der Waals surface area contributed by atoms with Crippen molar-refractivity contribution in [3.63, 3.8) is 0 Å². The number of aromatic nitrogens is 3. The third kappa shape index (κ3) is 3.43. The van der Waals surface area contributed by atoms with Crippen LogP contribution in [0.4, 0.5) is 5.69 Å². The summed E-state index contributed by atoms with van der Waals surface area (Å²) >= 11 is 9.60. The number of hydrogen-bond donors (Lipinski definition) is 1. The maximum Gasteiger partial charge on any atom is 0.0858 e. The van der Waals surface area contributed by atoms with Crippen LogP contribution in [0.2, 0.25) is 5.02 Å². The van der Waals surface area contributed by atoms with Crippen molar-refractivity contribution in [1.29, 1.82) is 0 Å². The first kappa shape index (κ1) is 14.1. The van der Waals surface area contributed by atoms with E-state index in [1.165, 1.54) is 0 Å². The molecule has 0 fully saturated rings. The Kier molecular flexibility index (Phi) is 4.22. The fourth-order valence-electron chi connectivity index (χ4n) is 1.92. The van der Waals surface area contributed by atoms with Crippen molar-refractivity contribution in [3.05, 3.63) is 69.9 Å². The molecule has 2 aromatic carbocycles. The Bertz CT molecular complexity index is 726. The minimum atomic E-state index is 0.672. The molecule has 0 saturated carbocycles. The highest BCUT2D eigenvalue weighted by atomic mass is 79.9. The zero-order chi connectivity index (χ0) is 14.7. The lowest BCUT2D eigenvalue weighted by Gasteiger charge is -2.09. The predicted molar refractivity (Wildman–Crippen MR) is 87.8 cm³/mol. The third-order valence-electron chi connectivity index (χ3n) is 3.02. The maximum atomic E-state index is 6.20. The van der Waals surface area contributed by atoms with Crippen LogP contribution in [0.25, 0.3) is 5.69 Å². The van der Waals surface area contributed by atoms with Crippen LogP contribution < -0.4 is 5.32 Å². The molecule has 21 heavy (non-hydrogen) atoms. The van der Waals surface area contributed by atoms with Crippen LogP contribution in [0.15, 0.2) is 59.3 Å². The van der Waals surface area contributed by atoms with Gasteiger partial charge in [-0.2, -0.15) is 15.0 Å². The van der Waals surface area contributed by atoms with Crippen molar-refractivity contribution < 1.29 is 0 Å². The van der Waals surface area contributed by atoms with Gasteiger partial charge in [0, 0.05) is 21.7 Å². The molecule has 3 aromatic rings. The molecular formula is C15H12BrClN4. The lowest BCUT2D eigenvalue weighted by atomic mass is 10.2. The molecule has 0 aliphatic heterocycles. The average molecular weight is 364 g/mol. The number of hydrogen-bond acceptors (Lipinski definition) is 3. The number of anilines is 1. The highest BCUT2D eigenvalue weighted by molar-refractivity contribution is 9.10. The first-order valence-electron chi connectivity index (χ1n) is 6.37. The highest BCUT2D eigenvalue weighted by Crippen LogP contribution is 2.22. The molecule has 0 aliphatic rings. The van der Waals surface area contributed by atoms with Gasteiger partial charge in [0.15, 0.2) is 0 Å². The van der Waals surface area contributed by atoms with Gasteiger partial charge in [-0.1, -0.05) is 33.6 Å². The van der Waals surface area contributed by atoms with Crippen LogP contribution in [-0.2, 0) is 6.54 Å². The van der Waals surface area contributed by atoms with E-state index < -0.39 is 0 Å². The van der Waals surface area contributed by atoms with Gasteiger partial charge in [0.25, 0.3) is 0 Å². The van der Waals surface area contributed by atoms with Crippen LogP contribution >= 0.6 is 27.5 Å². The Balaban J connectivity index is 1.68. The van der Waals surface area contributed by atoms with Gasteiger partial charge in [-0.25, -0.2) is 0 Å². The number of nitrogens with zero attached hydrogens (tertiary/aromatic N) is 3. The van der Waals surface area contributed by atoms with Crippen molar-refractivity contribution in [3.8, 4) is 5.69 Å². The largest absolute Gasteiger partial charge is 0.381 e. The maximum absolute atomic E-state index is 6.20. The van der Waals surface area contributed by atoms with Crippen LogP contribution in [0.5, 0.6) is 0 Å². The molecule has 1 N–H and O–H groups in total. The topological polar surface area (TPSA) is 42.7 Å². The third-order valence-corrected chi connectivity index (χ3v) is 3.86. The molecule has 0 atom stereocenters. The van der Waals surface area contributed by atoms with Crippen LogP contribution in [0.1, 0.15) is 5.56 Å². The van der Waals surface area contributed by atoms with E-state index in [2.05, 4.69) is 31.4 Å². The van der Waals surface area contributed by atoms with Gasteiger partial charge in [-0.15, -0.1) is 0 Å². The standard InChI is InChI=1S/C15H12BrClN4/c16-12-2-1-11(15(17)9-12)10-18-13-3-5-14(6-4-13)21-19-7-8-20-21/h1-9,18H,10H2. The van der Waals surface area contributed by atoms with Crippen molar-refractivity contribution in [2.75, 3.05) is 5.32 Å². The van der Waals surface area contributed by atoms with Crippen LogP contribution in [0, 0.1) is 0 Å². The Morgan fingerprint density at radius 1 is 1.05 bits per heavy atom. The Morgan fingerprint density at radius 2 is 1.76 bits per heavy atom. The number of halogens is 2. The molecule has 0 amide bonds. The number of rotatable bonds is 4. The van der Waals surface area contributed by atoms with Gasteiger partial charge >= 0.3 is 0 Å². The van der Waals surface area contributed by atoms with Crippen molar-refractivity contribution >= 4 is 33.2 Å². The van der Waals surface area contributed by atoms with E-state index in [-0.39, 0.29) is 0 Å². The van der Waals surface area contributed by atoms with E-state index in [0.717, 1.165) is 26.4 Å². The Morgan fingerprint density at radius 3 is 2.43 bits per heavy atom. The lowest BCUT2D eigenvalue weighted by Crippen LogP contribution is -2.01. The second-order valence-corrected chi connectivity index (χ2v) is 5.78. The second kappa shape index (κ2) is 6.28. The summed E-state index contributed by atoms with van der Waals surface area (Å²) in [7, 11) is 0. The van der Waals surface area contributed by atoms with E-state index in [1.54, 1.807) is 17.2 Å². The molecule has 3 rings (SSSR count). The first-order chi connectivity index (χ1) is 10.2. The fraction of sp³-hybridized carbons (Fsp3) is 0.0667. The SMILES string of the molecule is Clc1cc(Br)ccc1CNc1ccc(-n2nccn2)cc1.